The molecule has 142 valence electrons. The highest BCUT2D eigenvalue weighted by molar-refractivity contribution is 5.85. The molecule has 0 spiro atoms. The van der Waals surface area contributed by atoms with Gasteiger partial charge in [-0.1, -0.05) is 45.0 Å². The van der Waals surface area contributed by atoms with Crippen molar-refractivity contribution in [2.45, 2.75) is 26.7 Å². The Kier molecular flexibility index (Phi) is 4.38. The van der Waals surface area contributed by atoms with Crippen LogP contribution in [0.25, 0.3) is 22.2 Å². The molecule has 1 unspecified atom stereocenters. The number of aryl methyl sites for hydroxylation is 1. The average molecular weight is 371 g/mol. The largest absolute Gasteiger partial charge is 0.368 e. The zero-order chi connectivity index (χ0) is 19.9. The minimum atomic E-state index is 0.0393. The van der Waals surface area contributed by atoms with Crippen LogP contribution in [0.2, 0.25) is 0 Å². The maximum Gasteiger partial charge on any atom is 0.219 e. The highest BCUT2D eigenvalue weighted by Crippen LogP contribution is 2.43. The molecule has 0 aliphatic heterocycles. The maximum absolute atomic E-state index is 5.58. The van der Waals surface area contributed by atoms with Crippen molar-refractivity contribution in [2.24, 2.45) is 12.5 Å². The Labute approximate surface area is 165 Å². The first-order valence-electron chi connectivity index (χ1n) is 9.42. The summed E-state index contributed by atoms with van der Waals surface area (Å²) < 4.78 is 2.21. The lowest BCUT2D eigenvalue weighted by Gasteiger charge is -2.31. The topological polar surface area (TPSA) is 69.6 Å². The van der Waals surface area contributed by atoms with Crippen LogP contribution in [0.5, 0.6) is 0 Å². The molecule has 0 fully saturated rings. The van der Waals surface area contributed by atoms with Crippen molar-refractivity contribution in [3.8, 4) is 11.3 Å². The first-order valence-corrected chi connectivity index (χ1v) is 9.42. The van der Waals surface area contributed by atoms with Gasteiger partial charge in [-0.2, -0.15) is 0 Å². The predicted octanol–water partition coefficient (Wildman–Crippen LogP) is 4.79. The van der Waals surface area contributed by atoms with Crippen LogP contribution in [0.1, 0.15) is 37.8 Å². The fourth-order valence-electron chi connectivity index (χ4n) is 3.97. The Balaban J connectivity index is 1.79. The fraction of sp³-hybridized carbons (Fsp3) is 0.261. The summed E-state index contributed by atoms with van der Waals surface area (Å²) in [5, 5.41) is 1.29. The molecule has 0 saturated heterocycles. The van der Waals surface area contributed by atoms with E-state index in [-0.39, 0.29) is 17.3 Å². The van der Waals surface area contributed by atoms with Gasteiger partial charge in [0.1, 0.15) is 0 Å². The Morgan fingerprint density at radius 2 is 1.64 bits per heavy atom. The summed E-state index contributed by atoms with van der Waals surface area (Å²) in [6.07, 6.45) is 7.64. The van der Waals surface area contributed by atoms with Gasteiger partial charge < -0.3 is 10.3 Å². The number of nitrogens with two attached hydrogens (primary N) is 1. The number of para-hydroxylation sites is 1. The van der Waals surface area contributed by atoms with Crippen molar-refractivity contribution in [1.82, 2.24) is 19.5 Å². The second-order valence-electron chi connectivity index (χ2n) is 8.32. The van der Waals surface area contributed by atoms with Gasteiger partial charge in [0, 0.05) is 54.2 Å². The zero-order valence-corrected chi connectivity index (χ0v) is 16.7. The van der Waals surface area contributed by atoms with E-state index in [1.54, 1.807) is 12.4 Å². The molecule has 3 aromatic heterocycles. The van der Waals surface area contributed by atoms with Crippen LogP contribution >= 0.6 is 0 Å². The number of nitrogens with zero attached hydrogens (tertiary/aromatic N) is 4. The first kappa shape index (κ1) is 18.2. The van der Waals surface area contributed by atoms with Gasteiger partial charge in [-0.05, 0) is 28.7 Å². The highest BCUT2D eigenvalue weighted by atomic mass is 15.0. The fourth-order valence-corrected chi connectivity index (χ4v) is 3.97. The van der Waals surface area contributed by atoms with Crippen molar-refractivity contribution in [3.05, 3.63) is 72.3 Å². The number of hydrogen-bond donors (Lipinski definition) is 1. The molecular weight excluding hydrogens is 346 g/mol. The molecule has 3 heterocycles. The Morgan fingerprint density at radius 3 is 2.29 bits per heavy atom. The van der Waals surface area contributed by atoms with E-state index in [1.807, 2.05) is 12.3 Å². The van der Waals surface area contributed by atoms with Gasteiger partial charge in [0.15, 0.2) is 0 Å². The van der Waals surface area contributed by atoms with Gasteiger partial charge in [0.2, 0.25) is 5.95 Å². The van der Waals surface area contributed by atoms with Gasteiger partial charge in [-0.25, -0.2) is 9.97 Å². The number of anilines is 1. The molecule has 1 aromatic carbocycles. The molecule has 5 heteroatoms. The molecule has 5 nitrogen and oxygen atoms in total. The monoisotopic (exact) mass is 371 g/mol. The SMILES string of the molecule is Cn1cc(C(c2ccc(-c3cnc(N)nc3)nc2)C(C)(C)C)c2ccccc21. The summed E-state index contributed by atoms with van der Waals surface area (Å²) in [6, 6.07) is 12.8. The summed E-state index contributed by atoms with van der Waals surface area (Å²) in [6.45, 7) is 6.84. The number of aromatic nitrogens is 4. The van der Waals surface area contributed by atoms with Crippen LogP contribution in [0.4, 0.5) is 5.95 Å². The van der Waals surface area contributed by atoms with E-state index in [9.17, 15) is 0 Å². The molecule has 0 amide bonds. The molecule has 0 aliphatic carbocycles. The van der Waals surface area contributed by atoms with Crippen molar-refractivity contribution >= 4 is 16.9 Å². The van der Waals surface area contributed by atoms with Crippen LogP contribution in [0.3, 0.4) is 0 Å². The van der Waals surface area contributed by atoms with Crippen LogP contribution in [0, 0.1) is 5.41 Å². The van der Waals surface area contributed by atoms with Gasteiger partial charge >= 0.3 is 0 Å². The molecule has 4 rings (SSSR count). The van der Waals surface area contributed by atoms with Crippen molar-refractivity contribution in [1.29, 1.82) is 0 Å². The second-order valence-corrected chi connectivity index (χ2v) is 8.32. The number of benzene rings is 1. The number of fused-ring (bicyclic) bond motifs is 1. The third-order valence-corrected chi connectivity index (χ3v) is 5.19. The summed E-state index contributed by atoms with van der Waals surface area (Å²) >= 11 is 0. The quantitative estimate of drug-likeness (QED) is 0.562. The zero-order valence-electron chi connectivity index (χ0n) is 16.7. The van der Waals surface area contributed by atoms with Gasteiger partial charge in [0.05, 0.1) is 5.69 Å². The number of pyridine rings is 1. The summed E-state index contributed by atoms with van der Waals surface area (Å²) in [4.78, 5) is 12.8. The average Bonchev–Trinajstić information content (AvgIpc) is 2.99. The molecule has 0 saturated carbocycles. The smallest absolute Gasteiger partial charge is 0.219 e. The summed E-state index contributed by atoms with van der Waals surface area (Å²) in [5.41, 5.74) is 11.1. The standard InChI is InChI=1S/C23H25N5/c1-23(2,3)21(18-14-28(4)20-8-6-5-7-17(18)20)15-9-10-19(25-11-15)16-12-26-22(24)27-13-16/h5-14,21H,1-4H3,(H2,24,26,27). The molecule has 28 heavy (non-hydrogen) atoms. The third kappa shape index (κ3) is 3.24. The van der Waals surface area contributed by atoms with Gasteiger partial charge in [0.25, 0.3) is 0 Å². The van der Waals surface area contributed by atoms with E-state index in [1.165, 1.54) is 22.0 Å². The van der Waals surface area contributed by atoms with Crippen LogP contribution in [-0.4, -0.2) is 19.5 Å². The van der Waals surface area contributed by atoms with E-state index in [0.29, 0.717) is 0 Å². The van der Waals surface area contributed by atoms with Crippen molar-refractivity contribution in [3.63, 3.8) is 0 Å². The van der Waals surface area contributed by atoms with E-state index >= 15 is 0 Å². The minimum absolute atomic E-state index is 0.0393. The van der Waals surface area contributed by atoms with Crippen molar-refractivity contribution in [2.75, 3.05) is 5.73 Å². The van der Waals surface area contributed by atoms with E-state index < -0.39 is 0 Å². The van der Waals surface area contributed by atoms with Crippen molar-refractivity contribution < 1.29 is 0 Å². The van der Waals surface area contributed by atoms with E-state index in [4.69, 9.17) is 10.7 Å². The normalized spacial score (nSPS) is 13.0. The number of nitrogen functional groups attached to an aromatic ring is 1. The number of hydrogen-bond acceptors (Lipinski definition) is 4. The molecule has 2 N–H and O–H groups in total. The lowest BCUT2D eigenvalue weighted by atomic mass is 9.73. The van der Waals surface area contributed by atoms with Gasteiger partial charge in [-0.15, -0.1) is 0 Å². The Bertz CT molecular complexity index is 1100. The number of rotatable bonds is 3. The van der Waals surface area contributed by atoms with Crippen LogP contribution < -0.4 is 5.73 Å². The Morgan fingerprint density at radius 1 is 0.929 bits per heavy atom. The molecule has 0 bridgehead atoms. The lowest BCUT2D eigenvalue weighted by Crippen LogP contribution is -2.19. The Hall–Kier alpha value is -3.21. The molecule has 0 aliphatic rings. The molecule has 0 radical (unpaired) electrons. The van der Waals surface area contributed by atoms with E-state index in [2.05, 4.69) is 78.9 Å². The lowest BCUT2D eigenvalue weighted by molar-refractivity contribution is 0.359. The van der Waals surface area contributed by atoms with Crippen LogP contribution in [-0.2, 0) is 7.05 Å². The summed E-state index contributed by atoms with van der Waals surface area (Å²) in [7, 11) is 2.11. The first-order chi connectivity index (χ1) is 13.3. The highest BCUT2D eigenvalue weighted by Gasteiger charge is 2.30. The minimum Gasteiger partial charge on any atom is -0.368 e. The predicted molar refractivity (Wildman–Crippen MR) is 114 cm³/mol. The second kappa shape index (κ2) is 6.75. The third-order valence-electron chi connectivity index (χ3n) is 5.19. The van der Waals surface area contributed by atoms with Gasteiger partial charge in [-0.3, -0.25) is 4.98 Å². The maximum atomic E-state index is 5.58. The van der Waals surface area contributed by atoms with Crippen LogP contribution in [0.15, 0.2) is 61.2 Å². The van der Waals surface area contributed by atoms with E-state index in [0.717, 1.165) is 11.3 Å². The molecule has 4 aromatic rings. The molecule has 1 atom stereocenters. The summed E-state index contributed by atoms with van der Waals surface area (Å²) in [5.74, 6) is 0.493. The molecular formula is C23H25N5.